The number of Topliss-reactive ketones (excluding diaryl/α,β-unsaturated/α-hetero) is 1. The van der Waals surface area contributed by atoms with Crippen LogP contribution in [-0.4, -0.2) is 11.1 Å². The quantitative estimate of drug-likeness (QED) is 0.501. The second kappa shape index (κ2) is 6.27. The van der Waals surface area contributed by atoms with Gasteiger partial charge < -0.3 is 17.0 Å². The highest BCUT2D eigenvalue weighted by atomic mass is 79.9. The minimum atomic E-state index is 0. The predicted octanol–water partition coefficient (Wildman–Crippen LogP) is -1.36. The average Bonchev–Trinajstić information content (AvgIpc) is 2.16. The molecule has 0 radical (unpaired) electrons. The largest absolute Gasteiger partial charge is 1.00 e. The summed E-state index contributed by atoms with van der Waals surface area (Å²) in [5.41, 5.74) is 1.88. The first-order valence-corrected chi connectivity index (χ1v) is 5.00. The van der Waals surface area contributed by atoms with E-state index in [1.54, 1.807) is 6.20 Å². The zero-order valence-electron chi connectivity index (χ0n) is 7.31. The third-order valence-corrected chi connectivity index (χ3v) is 2.26. The van der Waals surface area contributed by atoms with E-state index < -0.39 is 0 Å². The van der Waals surface area contributed by atoms with E-state index in [0.717, 1.165) is 17.5 Å². The van der Waals surface area contributed by atoms with Gasteiger partial charge in [0.25, 0.3) is 0 Å². The highest BCUT2D eigenvalue weighted by Crippen LogP contribution is 2.08. The van der Waals surface area contributed by atoms with Gasteiger partial charge in [-0.05, 0) is 6.42 Å². The Kier molecular flexibility index (Phi) is 6.16. The second-order valence-electron chi connectivity index (χ2n) is 2.49. The van der Waals surface area contributed by atoms with Crippen LogP contribution in [0.25, 0.3) is 0 Å². The number of carbonyl (C=O) groups is 1. The van der Waals surface area contributed by atoms with Crippen LogP contribution in [0.5, 0.6) is 0 Å². The molecule has 1 aromatic heterocycles. The van der Waals surface area contributed by atoms with Crippen molar-refractivity contribution in [3.63, 3.8) is 0 Å². The number of carbonyl (C=O) groups excluding carboxylic acids is 1. The van der Waals surface area contributed by atoms with Gasteiger partial charge in [0.05, 0.1) is 5.33 Å². The van der Waals surface area contributed by atoms with Gasteiger partial charge in [-0.15, -0.1) is 0 Å². The number of rotatable bonds is 3. The minimum absolute atomic E-state index is 0. The molecule has 0 aliphatic carbocycles. The van der Waals surface area contributed by atoms with Crippen LogP contribution in [0.4, 0.5) is 0 Å². The third kappa shape index (κ3) is 3.19. The molecule has 1 heterocycles. The van der Waals surface area contributed by atoms with E-state index in [1.165, 1.54) is 0 Å². The molecule has 72 valence electrons. The van der Waals surface area contributed by atoms with E-state index >= 15 is 0 Å². The van der Waals surface area contributed by atoms with Crippen LogP contribution in [0.2, 0.25) is 0 Å². The van der Waals surface area contributed by atoms with Gasteiger partial charge in [0.1, 0.15) is 0 Å². The van der Waals surface area contributed by atoms with E-state index in [1.807, 2.05) is 19.2 Å². The fraction of sp³-hybridized carbons (Fsp3) is 0.333. The standard InChI is InChI=1S/C9H10BrNO.BrH/c1-2-7-6-11-4-3-8(7)9(12)5-10;/h3-4,6H,2,5H2,1H3;1H. The molecule has 4 heteroatoms. The molecule has 13 heavy (non-hydrogen) atoms. The summed E-state index contributed by atoms with van der Waals surface area (Å²) in [6.07, 6.45) is 4.52. The van der Waals surface area contributed by atoms with Crippen LogP contribution in [0.1, 0.15) is 22.8 Å². The molecule has 1 N–H and O–H groups in total. The number of aromatic amines is 1. The van der Waals surface area contributed by atoms with Gasteiger partial charge in [0.2, 0.25) is 0 Å². The lowest BCUT2D eigenvalue weighted by Crippen LogP contribution is -3.00. The second-order valence-corrected chi connectivity index (χ2v) is 3.05. The Hall–Kier alpha value is -0.220. The van der Waals surface area contributed by atoms with Gasteiger partial charge in [0.15, 0.2) is 18.2 Å². The molecule has 0 aliphatic rings. The first-order chi connectivity index (χ1) is 5.79. The number of halogens is 2. The lowest BCUT2D eigenvalue weighted by molar-refractivity contribution is -0.378. The van der Waals surface area contributed by atoms with Crippen molar-refractivity contribution in [2.24, 2.45) is 0 Å². The summed E-state index contributed by atoms with van der Waals surface area (Å²) in [5.74, 6) is 0.140. The summed E-state index contributed by atoms with van der Waals surface area (Å²) in [5, 5.41) is 0.393. The fourth-order valence-corrected chi connectivity index (χ4v) is 1.40. The van der Waals surface area contributed by atoms with E-state index in [4.69, 9.17) is 0 Å². The van der Waals surface area contributed by atoms with Gasteiger partial charge in [-0.25, -0.2) is 4.98 Å². The molecular weight excluding hydrogens is 298 g/mol. The zero-order valence-corrected chi connectivity index (χ0v) is 10.5. The monoisotopic (exact) mass is 307 g/mol. The molecule has 1 aromatic rings. The van der Waals surface area contributed by atoms with Crippen molar-refractivity contribution in [3.8, 4) is 0 Å². The van der Waals surface area contributed by atoms with E-state index in [2.05, 4.69) is 20.9 Å². The van der Waals surface area contributed by atoms with Crippen molar-refractivity contribution >= 4 is 21.7 Å². The topological polar surface area (TPSA) is 31.2 Å². The maximum atomic E-state index is 11.3. The molecule has 0 saturated heterocycles. The summed E-state index contributed by atoms with van der Waals surface area (Å²) < 4.78 is 0. The Bertz CT molecular complexity index is 289. The summed E-state index contributed by atoms with van der Waals surface area (Å²) in [6.45, 7) is 2.04. The van der Waals surface area contributed by atoms with Gasteiger partial charge in [-0.1, -0.05) is 22.9 Å². The Morgan fingerprint density at radius 3 is 2.85 bits per heavy atom. The van der Waals surface area contributed by atoms with E-state index in [9.17, 15) is 4.79 Å². The number of hydrogen-bond acceptors (Lipinski definition) is 1. The maximum Gasteiger partial charge on any atom is 0.174 e. The Morgan fingerprint density at radius 2 is 2.31 bits per heavy atom. The molecule has 2 nitrogen and oxygen atoms in total. The SMILES string of the molecule is CCc1c[nH+]ccc1C(=O)CBr.[Br-]. The lowest BCUT2D eigenvalue weighted by Gasteiger charge is -1.99. The third-order valence-electron chi connectivity index (χ3n) is 1.75. The molecule has 0 bridgehead atoms. The molecule has 0 aromatic carbocycles. The Balaban J connectivity index is 0.00000144. The van der Waals surface area contributed by atoms with Gasteiger partial charge in [-0.3, -0.25) is 4.79 Å². The molecule has 0 atom stereocenters. The fourth-order valence-electron chi connectivity index (χ4n) is 1.10. The Labute approximate surface area is 96.7 Å². The number of nitrogens with one attached hydrogen (secondary N) is 1. The highest BCUT2D eigenvalue weighted by Gasteiger charge is 2.09. The smallest absolute Gasteiger partial charge is 0.174 e. The van der Waals surface area contributed by atoms with Crippen molar-refractivity contribution in [1.29, 1.82) is 0 Å². The number of ketones is 1. The highest BCUT2D eigenvalue weighted by molar-refractivity contribution is 9.09. The molecule has 1 rings (SSSR count). The Morgan fingerprint density at radius 1 is 1.62 bits per heavy atom. The molecule has 0 fully saturated rings. The number of H-pyrrole nitrogens is 1. The van der Waals surface area contributed by atoms with Crippen LogP contribution in [0.15, 0.2) is 18.5 Å². The van der Waals surface area contributed by atoms with Crippen LogP contribution >= 0.6 is 15.9 Å². The first-order valence-electron chi connectivity index (χ1n) is 3.87. The van der Waals surface area contributed by atoms with Crippen molar-refractivity contribution in [2.45, 2.75) is 13.3 Å². The molecule has 0 saturated carbocycles. The van der Waals surface area contributed by atoms with Crippen molar-refractivity contribution in [1.82, 2.24) is 0 Å². The first kappa shape index (κ1) is 12.8. The number of aryl methyl sites for hydroxylation is 1. The number of hydrogen-bond donors (Lipinski definition) is 0. The van der Waals surface area contributed by atoms with Crippen LogP contribution in [0.3, 0.4) is 0 Å². The minimum Gasteiger partial charge on any atom is -1.00 e. The normalized spacial score (nSPS) is 9.08. The number of aromatic nitrogens is 1. The molecule has 0 amide bonds. The molecule has 0 unspecified atom stereocenters. The zero-order chi connectivity index (χ0) is 8.97. The summed E-state index contributed by atoms with van der Waals surface area (Å²) in [4.78, 5) is 14.3. The van der Waals surface area contributed by atoms with Gasteiger partial charge in [-0.2, -0.15) is 0 Å². The molecule has 0 aliphatic heterocycles. The lowest BCUT2D eigenvalue weighted by atomic mass is 10.1. The van der Waals surface area contributed by atoms with Crippen LogP contribution in [0, 0.1) is 0 Å². The van der Waals surface area contributed by atoms with Gasteiger partial charge >= 0.3 is 0 Å². The maximum absolute atomic E-state index is 11.3. The van der Waals surface area contributed by atoms with Crippen molar-refractivity contribution in [3.05, 3.63) is 29.6 Å². The summed E-state index contributed by atoms with van der Waals surface area (Å²) in [7, 11) is 0. The summed E-state index contributed by atoms with van der Waals surface area (Å²) >= 11 is 3.16. The van der Waals surface area contributed by atoms with E-state index in [0.29, 0.717) is 5.33 Å². The number of pyridine rings is 1. The van der Waals surface area contributed by atoms with Crippen molar-refractivity contribution in [2.75, 3.05) is 5.33 Å². The number of alkyl halides is 1. The van der Waals surface area contributed by atoms with Crippen molar-refractivity contribution < 1.29 is 26.8 Å². The van der Waals surface area contributed by atoms with E-state index in [-0.39, 0.29) is 22.8 Å². The predicted molar refractivity (Wildman–Crippen MR) is 50.5 cm³/mol. The average molecular weight is 309 g/mol. The van der Waals surface area contributed by atoms with Gasteiger partial charge in [0, 0.05) is 17.2 Å². The molecule has 0 spiro atoms. The molecular formula is C9H11Br2NO. The summed E-state index contributed by atoms with van der Waals surface area (Å²) in [6, 6.07) is 1.82. The van der Waals surface area contributed by atoms with Crippen LogP contribution < -0.4 is 22.0 Å². The van der Waals surface area contributed by atoms with Crippen LogP contribution in [-0.2, 0) is 6.42 Å².